The normalized spacial score (nSPS) is 16.6. The maximum absolute atomic E-state index is 13.4. The third-order valence-electron chi connectivity index (χ3n) is 6.20. The van der Waals surface area contributed by atoms with Gasteiger partial charge in [0.05, 0.1) is 19.8 Å². The number of phosphoric acid groups is 1. The molecule has 0 aromatic heterocycles. The second kappa shape index (κ2) is 21.6. The molecule has 0 aromatic carbocycles. The molecule has 0 saturated carbocycles. The van der Waals surface area contributed by atoms with Crippen LogP contribution in [-0.2, 0) is 18.1 Å². The van der Waals surface area contributed by atoms with Gasteiger partial charge in [-0.3, -0.25) is 13.6 Å². The van der Waals surface area contributed by atoms with Crippen LogP contribution in [0.15, 0.2) is 0 Å². The molecule has 0 aliphatic heterocycles. The van der Waals surface area contributed by atoms with E-state index in [9.17, 15) is 4.57 Å². The van der Waals surface area contributed by atoms with Gasteiger partial charge in [0.15, 0.2) is 0 Å². The zero-order valence-corrected chi connectivity index (χ0v) is 23.4. The lowest BCUT2D eigenvalue weighted by Crippen LogP contribution is -2.13. The van der Waals surface area contributed by atoms with E-state index in [4.69, 9.17) is 13.6 Å². The maximum atomic E-state index is 13.4. The van der Waals surface area contributed by atoms with Crippen LogP contribution in [-0.4, -0.2) is 19.8 Å². The van der Waals surface area contributed by atoms with Gasteiger partial charge in [0.2, 0.25) is 0 Å². The number of unbranched alkanes of at least 4 members (excludes halogenated alkanes) is 9. The minimum Gasteiger partial charge on any atom is -0.287 e. The molecule has 0 saturated heterocycles. The van der Waals surface area contributed by atoms with Gasteiger partial charge in [-0.15, -0.1) is 0 Å². The first-order valence-corrected chi connectivity index (χ1v) is 15.4. The van der Waals surface area contributed by atoms with Crippen molar-refractivity contribution in [3.05, 3.63) is 0 Å². The molecule has 0 aliphatic carbocycles. The van der Waals surface area contributed by atoms with E-state index >= 15 is 0 Å². The molecule has 0 aliphatic rings. The van der Waals surface area contributed by atoms with Crippen LogP contribution >= 0.6 is 7.82 Å². The lowest BCUT2D eigenvalue weighted by atomic mass is 10.0. The molecule has 0 aromatic rings. The third kappa shape index (κ3) is 19.6. The SMILES string of the molecule is CCCCCCC(C)COP(=O)(OCC(C)CCCCCC)OCC(C)CCCCCC. The summed E-state index contributed by atoms with van der Waals surface area (Å²) in [5.41, 5.74) is 0. The van der Waals surface area contributed by atoms with Crippen LogP contribution in [0.4, 0.5) is 0 Å². The first-order chi connectivity index (χ1) is 15.4. The van der Waals surface area contributed by atoms with Crippen LogP contribution in [0.1, 0.15) is 138 Å². The summed E-state index contributed by atoms with van der Waals surface area (Å²) in [6.07, 6.45) is 18.3. The Labute approximate surface area is 201 Å². The lowest BCUT2D eigenvalue weighted by molar-refractivity contribution is 0.0799. The van der Waals surface area contributed by atoms with Crippen LogP contribution in [0.5, 0.6) is 0 Å². The Kier molecular flexibility index (Phi) is 21.7. The maximum Gasteiger partial charge on any atom is 0.474 e. The van der Waals surface area contributed by atoms with Gasteiger partial charge in [0.25, 0.3) is 0 Å². The fourth-order valence-corrected chi connectivity index (χ4v) is 5.31. The fourth-order valence-electron chi connectivity index (χ4n) is 3.78. The summed E-state index contributed by atoms with van der Waals surface area (Å²) in [6.45, 7) is 14.5. The molecule has 5 heteroatoms. The van der Waals surface area contributed by atoms with Crippen molar-refractivity contribution in [1.29, 1.82) is 0 Å². The predicted molar refractivity (Wildman–Crippen MR) is 139 cm³/mol. The molecule has 32 heavy (non-hydrogen) atoms. The number of hydrogen-bond donors (Lipinski definition) is 0. The molecule has 194 valence electrons. The zero-order chi connectivity index (χ0) is 24.1. The number of phosphoric ester groups is 1. The molecular weight excluding hydrogens is 419 g/mol. The minimum absolute atomic E-state index is 0.366. The van der Waals surface area contributed by atoms with E-state index in [0.717, 1.165) is 19.3 Å². The summed E-state index contributed by atoms with van der Waals surface area (Å²) < 4.78 is 30.9. The quantitative estimate of drug-likeness (QED) is 0.103. The van der Waals surface area contributed by atoms with Crippen molar-refractivity contribution in [2.45, 2.75) is 138 Å². The summed E-state index contributed by atoms with van der Waals surface area (Å²) in [6, 6.07) is 0. The second-order valence-electron chi connectivity index (χ2n) is 10.2. The van der Waals surface area contributed by atoms with Gasteiger partial charge in [-0.25, -0.2) is 4.57 Å². The summed E-state index contributed by atoms with van der Waals surface area (Å²) in [5, 5.41) is 0. The molecule has 3 atom stereocenters. The highest BCUT2D eigenvalue weighted by Gasteiger charge is 2.29. The van der Waals surface area contributed by atoms with Crippen molar-refractivity contribution in [2.75, 3.05) is 19.8 Å². The Bertz CT molecular complexity index is 382. The van der Waals surface area contributed by atoms with E-state index in [2.05, 4.69) is 41.5 Å². The molecule has 0 spiro atoms. The van der Waals surface area contributed by atoms with Gasteiger partial charge in [-0.2, -0.15) is 0 Å². The van der Waals surface area contributed by atoms with E-state index in [1.54, 1.807) is 0 Å². The molecule has 0 radical (unpaired) electrons. The lowest BCUT2D eigenvalue weighted by Gasteiger charge is -2.23. The Hall–Kier alpha value is 0.110. The molecule has 0 heterocycles. The Morgan fingerprint density at radius 1 is 0.500 bits per heavy atom. The van der Waals surface area contributed by atoms with Gasteiger partial charge in [0, 0.05) is 0 Å². The predicted octanol–water partition coefficient (Wildman–Crippen LogP) is 9.96. The van der Waals surface area contributed by atoms with Gasteiger partial charge in [0.1, 0.15) is 0 Å². The van der Waals surface area contributed by atoms with Crippen LogP contribution in [0, 0.1) is 17.8 Å². The molecular formula is C27H57O4P. The standard InChI is InChI=1S/C27H57O4P/c1-7-10-13-16-19-25(4)22-29-32(28,30-23-26(5)20-17-14-11-8-2)31-24-27(6)21-18-15-12-9-3/h25-27H,7-24H2,1-6H3. The topological polar surface area (TPSA) is 44.8 Å². The highest BCUT2D eigenvalue weighted by atomic mass is 31.2. The summed E-state index contributed by atoms with van der Waals surface area (Å²) in [5.74, 6) is 1.10. The molecule has 0 bridgehead atoms. The molecule has 3 unspecified atom stereocenters. The van der Waals surface area contributed by atoms with E-state index in [-0.39, 0.29) is 0 Å². The third-order valence-corrected chi connectivity index (χ3v) is 7.60. The highest BCUT2D eigenvalue weighted by Crippen LogP contribution is 2.51. The van der Waals surface area contributed by atoms with E-state index in [0.29, 0.717) is 37.6 Å². The van der Waals surface area contributed by atoms with Crippen LogP contribution in [0.25, 0.3) is 0 Å². The average molecular weight is 477 g/mol. The summed E-state index contributed by atoms with van der Waals surface area (Å²) in [7, 11) is -3.52. The average Bonchev–Trinajstić information content (AvgIpc) is 2.78. The van der Waals surface area contributed by atoms with Crippen LogP contribution < -0.4 is 0 Å². The van der Waals surface area contributed by atoms with Crippen molar-refractivity contribution in [1.82, 2.24) is 0 Å². The highest BCUT2D eigenvalue weighted by molar-refractivity contribution is 7.48. The Morgan fingerprint density at radius 2 is 0.781 bits per heavy atom. The minimum atomic E-state index is -3.52. The van der Waals surface area contributed by atoms with Crippen LogP contribution in [0.2, 0.25) is 0 Å². The van der Waals surface area contributed by atoms with E-state index in [1.807, 2.05) is 0 Å². The smallest absolute Gasteiger partial charge is 0.287 e. The molecule has 4 nitrogen and oxygen atoms in total. The fraction of sp³-hybridized carbons (Fsp3) is 1.00. The Balaban J connectivity index is 4.55. The summed E-state index contributed by atoms with van der Waals surface area (Å²) in [4.78, 5) is 0. The van der Waals surface area contributed by atoms with Crippen molar-refractivity contribution < 1.29 is 18.1 Å². The van der Waals surface area contributed by atoms with Crippen molar-refractivity contribution in [3.8, 4) is 0 Å². The van der Waals surface area contributed by atoms with Crippen LogP contribution in [0.3, 0.4) is 0 Å². The largest absolute Gasteiger partial charge is 0.474 e. The van der Waals surface area contributed by atoms with Gasteiger partial charge >= 0.3 is 7.82 Å². The molecule has 0 rings (SSSR count). The molecule has 0 N–H and O–H groups in total. The summed E-state index contributed by atoms with van der Waals surface area (Å²) >= 11 is 0. The molecule has 0 fully saturated rings. The second-order valence-corrected chi connectivity index (χ2v) is 11.9. The van der Waals surface area contributed by atoms with Gasteiger partial charge in [-0.1, -0.05) is 119 Å². The first kappa shape index (κ1) is 32.1. The van der Waals surface area contributed by atoms with Crippen molar-refractivity contribution >= 4 is 7.82 Å². The van der Waals surface area contributed by atoms with Crippen molar-refractivity contribution in [3.63, 3.8) is 0 Å². The van der Waals surface area contributed by atoms with E-state index in [1.165, 1.54) is 77.0 Å². The number of hydrogen-bond acceptors (Lipinski definition) is 4. The first-order valence-electron chi connectivity index (χ1n) is 13.9. The van der Waals surface area contributed by atoms with Crippen molar-refractivity contribution in [2.24, 2.45) is 17.8 Å². The Morgan fingerprint density at radius 3 is 1.03 bits per heavy atom. The zero-order valence-electron chi connectivity index (χ0n) is 22.5. The number of rotatable bonds is 24. The van der Waals surface area contributed by atoms with Gasteiger partial charge < -0.3 is 0 Å². The molecule has 0 amide bonds. The monoisotopic (exact) mass is 476 g/mol. The van der Waals surface area contributed by atoms with E-state index < -0.39 is 7.82 Å². The van der Waals surface area contributed by atoms with Gasteiger partial charge in [-0.05, 0) is 37.0 Å².